The number of hydrogen-bond donors (Lipinski definition) is 3. The number of anilines is 1. The summed E-state index contributed by atoms with van der Waals surface area (Å²) in [6.07, 6.45) is 0. The minimum absolute atomic E-state index is 0.0878. The fourth-order valence-corrected chi connectivity index (χ4v) is 4.63. The Morgan fingerprint density at radius 3 is 2.46 bits per heavy atom. The molecule has 0 radical (unpaired) electrons. The second-order valence-electron chi connectivity index (χ2n) is 7.89. The highest BCUT2D eigenvalue weighted by atomic mass is 35.5. The van der Waals surface area contributed by atoms with Crippen molar-refractivity contribution in [3.63, 3.8) is 0 Å². The Hall–Kier alpha value is -3.70. The number of azo groups is 1. The van der Waals surface area contributed by atoms with Gasteiger partial charge in [0.25, 0.3) is 16.0 Å². The predicted molar refractivity (Wildman–Crippen MR) is 142 cm³/mol. The summed E-state index contributed by atoms with van der Waals surface area (Å²) in [6, 6.07) is 15.3. The van der Waals surface area contributed by atoms with E-state index >= 15 is 0 Å². The summed E-state index contributed by atoms with van der Waals surface area (Å²) in [6.45, 7) is 1.62. The number of phenolic OH excluding ortho intramolecular Hbond substituents is 1. The molecule has 3 N–H and O–H groups in total. The highest BCUT2D eigenvalue weighted by Gasteiger charge is 2.21. The first-order valence-corrected chi connectivity index (χ1v) is 12.8. The molecular formula is C25H19Cl2N3O6S. The van der Waals surface area contributed by atoms with Crippen LogP contribution in [0.2, 0.25) is 10.0 Å². The summed E-state index contributed by atoms with van der Waals surface area (Å²) in [5.74, 6) is -0.824. The molecule has 4 aromatic carbocycles. The molecule has 1 amide bonds. The molecule has 4 rings (SSSR count). The van der Waals surface area contributed by atoms with E-state index in [1.54, 1.807) is 43.3 Å². The summed E-state index contributed by atoms with van der Waals surface area (Å²) in [5.41, 5.74) is 0.351. The number of nitrogens with zero attached hydrogens (tertiary/aromatic N) is 2. The lowest BCUT2D eigenvalue weighted by Crippen LogP contribution is -2.13. The van der Waals surface area contributed by atoms with Gasteiger partial charge in [0, 0.05) is 15.4 Å². The molecule has 0 aliphatic rings. The lowest BCUT2D eigenvalue weighted by Gasteiger charge is -2.13. The minimum atomic E-state index is -4.68. The standard InChI is InChI=1S/C25H19Cl2N3O6S/c1-13-9-20(22(12-18(13)27)37(33,34)35)29-30-23-16-6-4-3-5-14(16)10-17(24(23)31)25(32)28-19-11-15(26)7-8-21(19)36-2/h3-12,31H,1-2H3,(H,28,32)(H,33,34,35). The third kappa shape index (κ3) is 5.52. The Labute approximate surface area is 222 Å². The smallest absolute Gasteiger partial charge is 0.296 e. The van der Waals surface area contributed by atoms with Crippen molar-refractivity contribution >= 4 is 67.1 Å². The molecule has 0 heterocycles. The van der Waals surface area contributed by atoms with Gasteiger partial charge in [-0.2, -0.15) is 8.42 Å². The number of halogens is 2. The number of aryl methyl sites for hydroxylation is 1. The topological polar surface area (TPSA) is 138 Å². The van der Waals surface area contributed by atoms with Gasteiger partial charge in [-0.3, -0.25) is 9.35 Å². The highest BCUT2D eigenvalue weighted by Crippen LogP contribution is 2.41. The van der Waals surface area contributed by atoms with Crippen LogP contribution in [0.4, 0.5) is 17.1 Å². The highest BCUT2D eigenvalue weighted by molar-refractivity contribution is 7.86. The van der Waals surface area contributed by atoms with Crippen LogP contribution >= 0.6 is 23.2 Å². The number of methoxy groups -OCH3 is 1. The van der Waals surface area contributed by atoms with Crippen molar-refractivity contribution in [2.45, 2.75) is 11.8 Å². The number of rotatable bonds is 6. The Kier molecular flexibility index (Phi) is 7.37. The van der Waals surface area contributed by atoms with E-state index in [0.717, 1.165) is 6.07 Å². The monoisotopic (exact) mass is 559 g/mol. The average Bonchev–Trinajstić information content (AvgIpc) is 2.84. The van der Waals surface area contributed by atoms with Crippen LogP contribution < -0.4 is 10.1 Å². The number of fused-ring (bicyclic) bond motifs is 1. The predicted octanol–water partition coefficient (Wildman–Crippen LogP) is 7.08. The first-order valence-electron chi connectivity index (χ1n) is 10.6. The molecule has 0 spiro atoms. The third-order valence-corrected chi connectivity index (χ3v) is 6.95. The molecule has 0 saturated heterocycles. The van der Waals surface area contributed by atoms with Crippen molar-refractivity contribution in [1.82, 2.24) is 0 Å². The molecule has 4 aromatic rings. The van der Waals surface area contributed by atoms with Gasteiger partial charge < -0.3 is 15.2 Å². The van der Waals surface area contributed by atoms with Gasteiger partial charge in [-0.25, -0.2) is 0 Å². The zero-order valence-electron chi connectivity index (χ0n) is 19.4. The van der Waals surface area contributed by atoms with E-state index in [9.17, 15) is 22.9 Å². The average molecular weight is 560 g/mol. The van der Waals surface area contributed by atoms with Crippen LogP contribution in [-0.4, -0.2) is 31.1 Å². The van der Waals surface area contributed by atoms with E-state index in [1.807, 2.05) is 0 Å². The maximum absolute atomic E-state index is 13.2. The number of carbonyl (C=O) groups excluding carboxylic acids is 1. The number of nitrogens with one attached hydrogen (secondary N) is 1. The summed E-state index contributed by atoms with van der Waals surface area (Å²) in [5, 5.41) is 23.2. The molecule has 37 heavy (non-hydrogen) atoms. The Balaban J connectivity index is 1.85. The van der Waals surface area contributed by atoms with E-state index in [1.165, 1.54) is 25.3 Å². The number of amides is 1. The molecule has 0 unspecified atom stereocenters. The van der Waals surface area contributed by atoms with Crippen molar-refractivity contribution in [1.29, 1.82) is 0 Å². The molecule has 9 nitrogen and oxygen atoms in total. The van der Waals surface area contributed by atoms with E-state index in [4.69, 9.17) is 27.9 Å². The number of hydrogen-bond acceptors (Lipinski definition) is 7. The van der Waals surface area contributed by atoms with Crippen molar-refractivity contribution in [2.24, 2.45) is 10.2 Å². The number of aromatic hydroxyl groups is 1. The van der Waals surface area contributed by atoms with E-state index in [2.05, 4.69) is 15.5 Å². The van der Waals surface area contributed by atoms with Gasteiger partial charge in [0.15, 0.2) is 5.75 Å². The maximum Gasteiger partial charge on any atom is 0.296 e. The number of ether oxygens (including phenoxy) is 1. The minimum Gasteiger partial charge on any atom is -0.505 e. The fraction of sp³-hybridized carbons (Fsp3) is 0.0800. The third-order valence-electron chi connectivity index (χ3n) is 5.43. The first kappa shape index (κ1) is 26.4. The molecule has 0 fully saturated rings. The van der Waals surface area contributed by atoms with Gasteiger partial charge in [0.05, 0.1) is 18.4 Å². The SMILES string of the molecule is COc1ccc(Cl)cc1NC(=O)c1cc2ccccc2c(N=Nc2cc(C)c(Cl)cc2S(=O)(=O)O)c1O. The molecule has 0 aliphatic heterocycles. The first-order chi connectivity index (χ1) is 17.5. The number of carbonyl (C=O) groups is 1. The van der Waals surface area contributed by atoms with Crippen LogP contribution in [0.3, 0.4) is 0 Å². The second-order valence-corrected chi connectivity index (χ2v) is 10.1. The van der Waals surface area contributed by atoms with Crippen LogP contribution in [0.25, 0.3) is 10.8 Å². The van der Waals surface area contributed by atoms with Crippen LogP contribution in [0.5, 0.6) is 11.5 Å². The number of phenols is 1. The van der Waals surface area contributed by atoms with Crippen LogP contribution in [0, 0.1) is 6.92 Å². The summed E-state index contributed by atoms with van der Waals surface area (Å²) < 4.78 is 38.6. The largest absolute Gasteiger partial charge is 0.505 e. The zero-order valence-corrected chi connectivity index (χ0v) is 21.7. The van der Waals surface area contributed by atoms with Crippen molar-refractivity contribution in [2.75, 3.05) is 12.4 Å². The van der Waals surface area contributed by atoms with Gasteiger partial charge in [-0.15, -0.1) is 10.2 Å². The molecule has 0 atom stereocenters. The molecule has 190 valence electrons. The van der Waals surface area contributed by atoms with Gasteiger partial charge in [0.1, 0.15) is 22.0 Å². The van der Waals surface area contributed by atoms with Crippen molar-refractivity contribution < 1.29 is 27.6 Å². The van der Waals surface area contributed by atoms with Crippen LogP contribution in [0.1, 0.15) is 15.9 Å². The fourth-order valence-electron chi connectivity index (χ4n) is 3.60. The molecule has 0 aliphatic carbocycles. The quantitative estimate of drug-likeness (QED) is 0.170. The van der Waals surface area contributed by atoms with Gasteiger partial charge >= 0.3 is 0 Å². The Bertz CT molecular complexity index is 1690. The lowest BCUT2D eigenvalue weighted by atomic mass is 10.0. The van der Waals surface area contributed by atoms with Crippen LogP contribution in [0.15, 0.2) is 75.8 Å². The van der Waals surface area contributed by atoms with Crippen LogP contribution in [-0.2, 0) is 10.1 Å². The number of benzene rings is 4. The van der Waals surface area contributed by atoms with E-state index < -0.39 is 26.7 Å². The Morgan fingerprint density at radius 2 is 1.76 bits per heavy atom. The second kappa shape index (κ2) is 10.3. The maximum atomic E-state index is 13.2. The molecule has 12 heteroatoms. The summed E-state index contributed by atoms with van der Waals surface area (Å²) in [7, 11) is -3.25. The zero-order chi connectivity index (χ0) is 26.9. The molecular weight excluding hydrogens is 541 g/mol. The molecule has 0 aromatic heterocycles. The van der Waals surface area contributed by atoms with Gasteiger partial charge in [0.2, 0.25) is 0 Å². The Morgan fingerprint density at radius 1 is 1.03 bits per heavy atom. The van der Waals surface area contributed by atoms with Gasteiger partial charge in [-0.05, 0) is 54.3 Å². The van der Waals surface area contributed by atoms with E-state index in [-0.39, 0.29) is 27.6 Å². The van der Waals surface area contributed by atoms with E-state index in [0.29, 0.717) is 27.1 Å². The molecule has 0 saturated carbocycles. The molecule has 0 bridgehead atoms. The van der Waals surface area contributed by atoms with Crippen molar-refractivity contribution in [3.05, 3.63) is 81.8 Å². The lowest BCUT2D eigenvalue weighted by molar-refractivity contribution is 0.102. The normalized spacial score (nSPS) is 11.7. The van der Waals surface area contributed by atoms with Gasteiger partial charge in [-0.1, -0.05) is 47.5 Å². The summed E-state index contributed by atoms with van der Waals surface area (Å²) >= 11 is 12.1. The summed E-state index contributed by atoms with van der Waals surface area (Å²) in [4.78, 5) is 12.6. The van der Waals surface area contributed by atoms with Crippen molar-refractivity contribution in [3.8, 4) is 11.5 Å².